The van der Waals surface area contributed by atoms with Crippen molar-refractivity contribution >= 4 is 39.8 Å². The average molecular weight is 458 g/mol. The number of aliphatic hydroxyl groups is 1. The van der Waals surface area contributed by atoms with Crippen LogP contribution >= 0.6 is 0 Å². The molecule has 0 radical (unpaired) electrons. The quantitative estimate of drug-likeness (QED) is 0.433. The molecule has 0 bridgehead atoms. The number of aromatic nitrogens is 4. The third-order valence-corrected chi connectivity index (χ3v) is 6.51. The number of aliphatic hydroxyl groups excluding tert-OH is 1. The summed E-state index contributed by atoms with van der Waals surface area (Å²) in [6.45, 7) is 2.27. The third kappa shape index (κ3) is 4.29. The van der Waals surface area contributed by atoms with Gasteiger partial charge in [-0.1, -0.05) is 17.2 Å². The van der Waals surface area contributed by atoms with Gasteiger partial charge >= 0.3 is 0 Å². The predicted molar refractivity (Wildman–Crippen MR) is 121 cm³/mol. The average Bonchev–Trinajstić information content (AvgIpc) is 3.29. The van der Waals surface area contributed by atoms with E-state index in [1.54, 1.807) is 0 Å². The molecule has 5 rings (SSSR count). The van der Waals surface area contributed by atoms with Gasteiger partial charge < -0.3 is 34.7 Å². The van der Waals surface area contributed by atoms with Gasteiger partial charge in [-0.3, -0.25) is 0 Å². The van der Waals surface area contributed by atoms with Crippen LogP contribution in [-0.2, 0) is 17.7 Å². The number of benzene rings is 1. The summed E-state index contributed by atoms with van der Waals surface area (Å²) >= 11 is -0.805. The molecule has 2 aliphatic heterocycles. The van der Waals surface area contributed by atoms with E-state index in [9.17, 15) is 9.66 Å². The van der Waals surface area contributed by atoms with Crippen LogP contribution in [0.2, 0.25) is 0 Å². The normalized spacial score (nSPS) is 15.9. The topological polar surface area (TPSA) is 141 Å². The summed E-state index contributed by atoms with van der Waals surface area (Å²) in [6.07, 6.45) is 1.49. The summed E-state index contributed by atoms with van der Waals surface area (Å²) in [7, 11) is 0. The van der Waals surface area contributed by atoms with Gasteiger partial charge in [0.25, 0.3) is 0 Å². The first-order valence-electron chi connectivity index (χ1n) is 10.3. The van der Waals surface area contributed by atoms with Gasteiger partial charge in [-0.25, -0.2) is 15.0 Å². The van der Waals surface area contributed by atoms with Crippen molar-refractivity contribution in [3.05, 3.63) is 30.1 Å². The highest BCUT2D eigenvalue weighted by Gasteiger charge is 2.24. The van der Waals surface area contributed by atoms with E-state index in [0.29, 0.717) is 66.3 Å². The van der Waals surface area contributed by atoms with E-state index < -0.39 is 11.2 Å². The van der Waals surface area contributed by atoms with Crippen LogP contribution < -0.4 is 25.0 Å². The molecular formula is C20H23N7O4S. The predicted octanol–water partition coefficient (Wildman–Crippen LogP) is 0.733. The van der Waals surface area contributed by atoms with Crippen molar-refractivity contribution in [1.82, 2.24) is 19.9 Å². The molecule has 0 atom stereocenters. The molecule has 168 valence electrons. The van der Waals surface area contributed by atoms with Crippen molar-refractivity contribution in [2.45, 2.75) is 6.54 Å². The van der Waals surface area contributed by atoms with Crippen molar-refractivity contribution < 1.29 is 19.1 Å². The van der Waals surface area contributed by atoms with Gasteiger partial charge in [-0.05, 0) is 17.7 Å². The zero-order valence-electron chi connectivity index (χ0n) is 17.3. The van der Waals surface area contributed by atoms with E-state index >= 15 is 0 Å². The molecule has 4 heterocycles. The maximum Gasteiger partial charge on any atom is 0.231 e. The maximum atomic E-state index is 11.8. The second kappa shape index (κ2) is 9.18. The van der Waals surface area contributed by atoms with Crippen LogP contribution in [0.1, 0.15) is 5.56 Å². The van der Waals surface area contributed by atoms with Crippen LogP contribution in [-0.4, -0.2) is 74.1 Å². The van der Waals surface area contributed by atoms with Gasteiger partial charge in [-0.15, -0.1) is 0 Å². The van der Waals surface area contributed by atoms with Crippen LogP contribution in [0, 0.1) is 0 Å². The Hall–Kier alpha value is -3.09. The first kappa shape index (κ1) is 20.8. The van der Waals surface area contributed by atoms with Crippen LogP contribution in [0.25, 0.3) is 11.0 Å². The van der Waals surface area contributed by atoms with Gasteiger partial charge in [0, 0.05) is 13.1 Å². The smallest absolute Gasteiger partial charge is 0.231 e. The molecule has 32 heavy (non-hydrogen) atoms. The van der Waals surface area contributed by atoms with E-state index in [4.69, 9.17) is 9.47 Å². The molecule has 0 amide bonds. The van der Waals surface area contributed by atoms with Crippen molar-refractivity contribution in [2.24, 2.45) is 0 Å². The lowest BCUT2D eigenvalue weighted by Gasteiger charge is -2.29. The molecule has 0 aliphatic carbocycles. The summed E-state index contributed by atoms with van der Waals surface area (Å²) in [6, 6.07) is 5.78. The molecule has 11 nitrogen and oxygen atoms in total. The van der Waals surface area contributed by atoms with Crippen molar-refractivity contribution in [3.63, 3.8) is 0 Å². The first-order valence-corrected chi connectivity index (χ1v) is 11.8. The minimum Gasteiger partial charge on any atom is -0.616 e. The molecule has 12 heteroatoms. The van der Waals surface area contributed by atoms with E-state index in [1.807, 2.05) is 18.2 Å². The lowest BCUT2D eigenvalue weighted by atomic mass is 10.2. The van der Waals surface area contributed by atoms with Gasteiger partial charge in [0.05, 0.1) is 19.7 Å². The van der Waals surface area contributed by atoms with E-state index in [-0.39, 0.29) is 13.4 Å². The number of nitrogens with one attached hydrogen (secondary N) is 2. The minimum atomic E-state index is -0.805. The second-order valence-electron chi connectivity index (χ2n) is 7.32. The molecular weight excluding hydrogens is 434 g/mol. The fourth-order valence-electron chi connectivity index (χ4n) is 3.62. The minimum absolute atomic E-state index is 0.0417. The van der Waals surface area contributed by atoms with E-state index in [1.165, 1.54) is 6.33 Å². The summed E-state index contributed by atoms with van der Waals surface area (Å²) in [5.74, 6) is 4.26. The molecule has 2 aromatic heterocycles. The highest BCUT2D eigenvalue weighted by molar-refractivity contribution is 7.91. The monoisotopic (exact) mass is 457 g/mol. The fraction of sp³-hybridized carbons (Fsp3) is 0.400. The molecule has 1 fully saturated rings. The van der Waals surface area contributed by atoms with Gasteiger partial charge in [-0.2, -0.15) is 4.98 Å². The Morgan fingerprint density at radius 1 is 1.06 bits per heavy atom. The standard InChI is InChI=1S/C20H23N7O4S/c28-6-3-21-20-25-16-17(19(26-20)27-4-7-32(29)8-5-27)23-11-24-18(16)22-10-13-1-2-14-15(9-13)31-12-30-14/h1-2,9,11,28H,3-8,10,12H2,(H,21,25,26)(H,22,23,24). The fourth-order valence-corrected chi connectivity index (χ4v) is 4.67. The Kier molecular flexibility index (Phi) is 5.97. The summed E-state index contributed by atoms with van der Waals surface area (Å²) < 4.78 is 22.6. The van der Waals surface area contributed by atoms with Crippen LogP contribution in [0.5, 0.6) is 11.5 Å². The number of anilines is 3. The number of hydrogen-bond acceptors (Lipinski definition) is 11. The summed E-state index contributed by atoms with van der Waals surface area (Å²) in [4.78, 5) is 20.2. The third-order valence-electron chi connectivity index (χ3n) is 5.23. The molecule has 2 aliphatic rings. The highest BCUT2D eigenvalue weighted by atomic mass is 32.2. The zero-order valence-corrected chi connectivity index (χ0v) is 18.1. The lowest BCUT2D eigenvalue weighted by Crippen LogP contribution is -2.41. The van der Waals surface area contributed by atoms with Crippen LogP contribution in [0.4, 0.5) is 17.6 Å². The Morgan fingerprint density at radius 2 is 1.91 bits per heavy atom. The number of nitrogens with zero attached hydrogens (tertiary/aromatic N) is 5. The zero-order chi connectivity index (χ0) is 21.9. The Labute approximate surface area is 187 Å². The van der Waals surface area contributed by atoms with Gasteiger partial charge in [0.1, 0.15) is 28.9 Å². The SMILES string of the molecule is [O-][S+]1CCN(c2nc(NCCO)nc3c(NCc4ccc5c(c4)OCO5)ncnc23)CC1. The van der Waals surface area contributed by atoms with Crippen molar-refractivity contribution in [2.75, 3.05) is 60.1 Å². The highest BCUT2D eigenvalue weighted by Crippen LogP contribution is 2.33. The van der Waals surface area contributed by atoms with E-state index in [0.717, 1.165) is 17.1 Å². The number of hydrogen-bond donors (Lipinski definition) is 3. The molecule has 3 N–H and O–H groups in total. The second-order valence-corrected chi connectivity index (χ2v) is 9.01. The van der Waals surface area contributed by atoms with Gasteiger partial charge in [0.15, 0.2) is 23.1 Å². The summed E-state index contributed by atoms with van der Waals surface area (Å²) in [5.41, 5.74) is 2.20. The number of rotatable bonds is 7. The Balaban J connectivity index is 1.46. The molecule has 1 saturated heterocycles. The first-order chi connectivity index (χ1) is 15.7. The van der Waals surface area contributed by atoms with Gasteiger partial charge in [0.2, 0.25) is 12.7 Å². The van der Waals surface area contributed by atoms with Crippen molar-refractivity contribution in [3.8, 4) is 11.5 Å². The molecule has 0 spiro atoms. The number of fused-ring (bicyclic) bond motifs is 2. The van der Waals surface area contributed by atoms with Crippen molar-refractivity contribution in [1.29, 1.82) is 0 Å². The van der Waals surface area contributed by atoms with Crippen LogP contribution in [0.3, 0.4) is 0 Å². The molecule has 3 aromatic rings. The summed E-state index contributed by atoms with van der Waals surface area (Å²) in [5, 5.41) is 15.6. The van der Waals surface area contributed by atoms with Crippen LogP contribution in [0.15, 0.2) is 24.5 Å². The van der Waals surface area contributed by atoms with E-state index in [2.05, 4.69) is 35.5 Å². The Morgan fingerprint density at radius 3 is 2.75 bits per heavy atom. The molecule has 0 saturated carbocycles. The lowest BCUT2D eigenvalue weighted by molar-refractivity contribution is 0.174. The molecule has 1 aromatic carbocycles. The Bertz CT molecular complexity index is 1110. The maximum absolute atomic E-state index is 11.8. The number of ether oxygens (including phenoxy) is 2. The largest absolute Gasteiger partial charge is 0.616 e. The molecule has 0 unspecified atom stereocenters.